The summed E-state index contributed by atoms with van der Waals surface area (Å²) < 4.78 is 0. The zero-order valence-electron chi connectivity index (χ0n) is 9.18. The third-order valence-corrected chi connectivity index (χ3v) is 2.00. The number of carbonyl (C=O) groups excluding carboxylic acids is 2. The molecule has 0 radical (unpaired) electrons. The molecule has 0 spiro atoms. The SMILES string of the molecule is CN(N)C(=O)c1cccc(C(=O)N(C)N)c1. The molecule has 0 saturated heterocycles. The van der Waals surface area contributed by atoms with Crippen molar-refractivity contribution >= 4 is 11.8 Å². The second-order valence-corrected chi connectivity index (χ2v) is 3.41. The van der Waals surface area contributed by atoms with Gasteiger partial charge in [-0.2, -0.15) is 0 Å². The van der Waals surface area contributed by atoms with Gasteiger partial charge >= 0.3 is 0 Å². The van der Waals surface area contributed by atoms with Crippen molar-refractivity contribution in [2.24, 2.45) is 11.7 Å². The van der Waals surface area contributed by atoms with Crippen LogP contribution in [0.3, 0.4) is 0 Å². The number of hydrogen-bond acceptors (Lipinski definition) is 4. The highest BCUT2D eigenvalue weighted by Gasteiger charge is 2.13. The molecule has 0 unspecified atom stereocenters. The van der Waals surface area contributed by atoms with Crippen LogP contribution in [-0.2, 0) is 0 Å². The van der Waals surface area contributed by atoms with Crippen LogP contribution in [0.2, 0.25) is 0 Å². The first-order valence-corrected chi connectivity index (χ1v) is 4.59. The summed E-state index contributed by atoms with van der Waals surface area (Å²) in [5.74, 6) is 9.90. The Balaban J connectivity index is 3.05. The monoisotopic (exact) mass is 222 g/mol. The summed E-state index contributed by atoms with van der Waals surface area (Å²) in [6.07, 6.45) is 0. The molecule has 0 bridgehead atoms. The van der Waals surface area contributed by atoms with Crippen LogP contribution in [-0.4, -0.2) is 35.9 Å². The second-order valence-electron chi connectivity index (χ2n) is 3.41. The van der Waals surface area contributed by atoms with Gasteiger partial charge in [0.1, 0.15) is 0 Å². The van der Waals surface area contributed by atoms with Gasteiger partial charge in [-0.05, 0) is 18.2 Å². The van der Waals surface area contributed by atoms with Gasteiger partial charge in [-0.3, -0.25) is 19.6 Å². The Kier molecular flexibility index (Phi) is 3.60. The van der Waals surface area contributed by atoms with Crippen molar-refractivity contribution in [3.63, 3.8) is 0 Å². The normalized spacial score (nSPS) is 9.75. The molecule has 6 heteroatoms. The number of carbonyl (C=O) groups is 2. The lowest BCUT2D eigenvalue weighted by Gasteiger charge is -2.12. The smallest absolute Gasteiger partial charge is 0.267 e. The molecule has 0 aliphatic carbocycles. The second kappa shape index (κ2) is 4.73. The van der Waals surface area contributed by atoms with E-state index in [9.17, 15) is 9.59 Å². The lowest BCUT2D eigenvalue weighted by Crippen LogP contribution is -2.34. The number of nitrogens with two attached hydrogens (primary N) is 2. The third-order valence-electron chi connectivity index (χ3n) is 2.00. The average Bonchev–Trinajstić information content (AvgIpc) is 2.26. The zero-order chi connectivity index (χ0) is 12.3. The van der Waals surface area contributed by atoms with Gasteiger partial charge in [0, 0.05) is 25.2 Å². The maximum Gasteiger partial charge on any atom is 0.267 e. The molecule has 0 fully saturated rings. The van der Waals surface area contributed by atoms with Crippen LogP contribution in [0, 0.1) is 0 Å². The van der Waals surface area contributed by atoms with Crippen molar-refractivity contribution in [3.05, 3.63) is 35.4 Å². The predicted octanol–water partition coefficient (Wildman–Crippen LogP) is -0.422. The van der Waals surface area contributed by atoms with Crippen LogP contribution >= 0.6 is 0 Å². The fraction of sp³-hybridized carbons (Fsp3) is 0.200. The van der Waals surface area contributed by atoms with Gasteiger partial charge in [-0.1, -0.05) is 6.07 Å². The van der Waals surface area contributed by atoms with E-state index in [0.717, 1.165) is 10.0 Å². The molecule has 6 nitrogen and oxygen atoms in total. The predicted molar refractivity (Wildman–Crippen MR) is 59.0 cm³/mol. The van der Waals surface area contributed by atoms with E-state index in [1.165, 1.54) is 20.2 Å². The lowest BCUT2D eigenvalue weighted by atomic mass is 10.1. The summed E-state index contributed by atoms with van der Waals surface area (Å²) in [6, 6.07) is 6.23. The molecular weight excluding hydrogens is 208 g/mol. The molecule has 1 rings (SSSR count). The maximum absolute atomic E-state index is 11.5. The fourth-order valence-electron chi connectivity index (χ4n) is 1.19. The van der Waals surface area contributed by atoms with E-state index in [1.54, 1.807) is 18.2 Å². The first kappa shape index (κ1) is 12.2. The Hall–Kier alpha value is -1.92. The Morgan fingerprint density at radius 2 is 1.38 bits per heavy atom. The third kappa shape index (κ3) is 2.56. The van der Waals surface area contributed by atoms with Crippen molar-refractivity contribution in [2.45, 2.75) is 0 Å². The molecular formula is C10H14N4O2. The summed E-state index contributed by atoms with van der Waals surface area (Å²) in [4.78, 5) is 23.1. The largest absolute Gasteiger partial charge is 0.280 e. The molecule has 2 amide bonds. The minimum absolute atomic E-state index is 0.345. The number of benzene rings is 1. The van der Waals surface area contributed by atoms with E-state index in [4.69, 9.17) is 11.7 Å². The van der Waals surface area contributed by atoms with E-state index in [2.05, 4.69) is 0 Å². The molecule has 4 N–H and O–H groups in total. The van der Waals surface area contributed by atoms with Gasteiger partial charge in [0.25, 0.3) is 11.8 Å². The zero-order valence-corrected chi connectivity index (χ0v) is 9.18. The fourth-order valence-corrected chi connectivity index (χ4v) is 1.19. The van der Waals surface area contributed by atoms with Crippen LogP contribution in [0.15, 0.2) is 24.3 Å². The van der Waals surface area contributed by atoms with Crippen LogP contribution < -0.4 is 11.7 Å². The van der Waals surface area contributed by atoms with Crippen LogP contribution in [0.1, 0.15) is 20.7 Å². The Bertz CT molecular complexity index is 380. The first-order chi connectivity index (χ1) is 7.43. The molecule has 0 aromatic heterocycles. The number of rotatable bonds is 2. The van der Waals surface area contributed by atoms with E-state index >= 15 is 0 Å². The maximum atomic E-state index is 11.5. The molecule has 0 aliphatic heterocycles. The van der Waals surface area contributed by atoms with Crippen molar-refractivity contribution in [3.8, 4) is 0 Å². The van der Waals surface area contributed by atoms with Gasteiger partial charge in [0.15, 0.2) is 0 Å². The van der Waals surface area contributed by atoms with Crippen molar-refractivity contribution in [2.75, 3.05) is 14.1 Å². The Morgan fingerprint density at radius 3 is 1.69 bits per heavy atom. The molecule has 1 aromatic carbocycles. The van der Waals surface area contributed by atoms with Crippen molar-refractivity contribution in [1.29, 1.82) is 0 Å². The summed E-state index contributed by atoms with van der Waals surface area (Å²) >= 11 is 0. The molecule has 0 aliphatic rings. The Morgan fingerprint density at radius 1 is 1.00 bits per heavy atom. The van der Waals surface area contributed by atoms with Crippen LogP contribution in [0.5, 0.6) is 0 Å². The molecule has 0 atom stereocenters. The number of hydrogen-bond donors (Lipinski definition) is 2. The quantitative estimate of drug-likeness (QED) is 0.403. The van der Waals surface area contributed by atoms with Gasteiger partial charge in [0.05, 0.1) is 0 Å². The van der Waals surface area contributed by atoms with Gasteiger partial charge in [-0.25, -0.2) is 11.7 Å². The topological polar surface area (TPSA) is 92.7 Å². The summed E-state index contributed by atoms with van der Waals surface area (Å²) in [5, 5.41) is 1.91. The van der Waals surface area contributed by atoms with E-state index < -0.39 is 0 Å². The van der Waals surface area contributed by atoms with Crippen molar-refractivity contribution in [1.82, 2.24) is 10.0 Å². The number of nitrogens with zero attached hydrogens (tertiary/aromatic N) is 2. The van der Waals surface area contributed by atoms with Gasteiger partial charge in [-0.15, -0.1) is 0 Å². The van der Waals surface area contributed by atoms with Crippen LogP contribution in [0.4, 0.5) is 0 Å². The van der Waals surface area contributed by atoms with E-state index in [0.29, 0.717) is 11.1 Å². The first-order valence-electron chi connectivity index (χ1n) is 4.59. The highest BCUT2D eigenvalue weighted by atomic mass is 16.2. The van der Waals surface area contributed by atoms with E-state index in [-0.39, 0.29) is 11.8 Å². The molecule has 1 aromatic rings. The Labute approximate surface area is 93.4 Å². The lowest BCUT2D eigenvalue weighted by molar-refractivity contribution is 0.0793. The number of amides is 2. The highest BCUT2D eigenvalue weighted by molar-refractivity contribution is 5.99. The molecule has 86 valence electrons. The van der Waals surface area contributed by atoms with Gasteiger partial charge in [0.2, 0.25) is 0 Å². The minimum atomic E-state index is -0.366. The number of hydrazine groups is 2. The van der Waals surface area contributed by atoms with Gasteiger partial charge < -0.3 is 0 Å². The summed E-state index contributed by atoms with van der Waals surface area (Å²) in [5.41, 5.74) is 0.690. The van der Waals surface area contributed by atoms with Crippen LogP contribution in [0.25, 0.3) is 0 Å². The van der Waals surface area contributed by atoms with Crippen molar-refractivity contribution < 1.29 is 9.59 Å². The highest BCUT2D eigenvalue weighted by Crippen LogP contribution is 2.07. The molecule has 16 heavy (non-hydrogen) atoms. The molecule has 0 saturated carbocycles. The minimum Gasteiger partial charge on any atom is -0.280 e. The molecule has 0 heterocycles. The summed E-state index contributed by atoms with van der Waals surface area (Å²) in [7, 11) is 2.87. The summed E-state index contributed by atoms with van der Waals surface area (Å²) in [6.45, 7) is 0. The van der Waals surface area contributed by atoms with E-state index in [1.807, 2.05) is 0 Å². The average molecular weight is 222 g/mol. The standard InChI is InChI=1S/C10H14N4O2/c1-13(11)9(15)7-4-3-5-8(6-7)10(16)14(2)12/h3-6H,11-12H2,1-2H3.